The molecule has 4 rings (SSSR count). The predicted octanol–water partition coefficient (Wildman–Crippen LogP) is 3.90. The zero-order chi connectivity index (χ0) is 18.3. The third-order valence-corrected chi connectivity index (χ3v) is 6.89. The Morgan fingerprint density at radius 1 is 0.846 bits per heavy atom. The van der Waals surface area contributed by atoms with E-state index < -0.39 is 10.0 Å². The molecule has 4 nitrogen and oxygen atoms in total. The summed E-state index contributed by atoms with van der Waals surface area (Å²) in [7, 11) is -3.59. The molecule has 1 aromatic heterocycles. The SMILES string of the molecule is Cc1ccc([C@@H]2c3cccn3CCN2S(=O)(=O)c2ccc(C)cc2)cc1. The van der Waals surface area contributed by atoms with Gasteiger partial charge in [-0.2, -0.15) is 4.31 Å². The summed E-state index contributed by atoms with van der Waals surface area (Å²) in [4.78, 5) is 0.347. The summed E-state index contributed by atoms with van der Waals surface area (Å²) in [5.41, 5.74) is 4.21. The van der Waals surface area contributed by atoms with E-state index in [1.807, 2.05) is 68.6 Å². The van der Waals surface area contributed by atoms with Gasteiger partial charge in [0.15, 0.2) is 0 Å². The topological polar surface area (TPSA) is 42.3 Å². The van der Waals surface area contributed by atoms with Gasteiger partial charge in [-0.3, -0.25) is 0 Å². The van der Waals surface area contributed by atoms with E-state index >= 15 is 0 Å². The van der Waals surface area contributed by atoms with Crippen molar-refractivity contribution in [1.29, 1.82) is 0 Å². The molecule has 134 valence electrons. The van der Waals surface area contributed by atoms with E-state index in [2.05, 4.69) is 4.57 Å². The molecule has 1 aliphatic heterocycles. The molecule has 0 saturated heterocycles. The monoisotopic (exact) mass is 366 g/mol. The number of benzene rings is 2. The van der Waals surface area contributed by atoms with E-state index in [-0.39, 0.29) is 6.04 Å². The van der Waals surface area contributed by atoms with E-state index in [1.165, 1.54) is 0 Å². The fourth-order valence-corrected chi connectivity index (χ4v) is 5.13. The van der Waals surface area contributed by atoms with E-state index in [9.17, 15) is 8.42 Å². The van der Waals surface area contributed by atoms with E-state index in [0.29, 0.717) is 18.0 Å². The van der Waals surface area contributed by atoms with Crippen molar-refractivity contribution < 1.29 is 8.42 Å². The molecule has 0 radical (unpaired) electrons. The van der Waals surface area contributed by atoms with Gasteiger partial charge in [0.25, 0.3) is 0 Å². The first-order valence-electron chi connectivity index (χ1n) is 8.77. The standard InChI is InChI=1S/C21H22N2O2S/c1-16-5-9-18(10-6-16)21-20-4-3-13-22(20)14-15-23(21)26(24,25)19-11-7-17(2)8-12-19/h3-13,21H,14-15H2,1-2H3/t21-/m1/s1. The van der Waals surface area contributed by atoms with E-state index in [4.69, 9.17) is 0 Å². The van der Waals surface area contributed by atoms with Crippen molar-refractivity contribution in [3.8, 4) is 0 Å². The Labute approximate surface area is 154 Å². The van der Waals surface area contributed by atoms with Crippen LogP contribution >= 0.6 is 0 Å². The Balaban J connectivity index is 1.83. The number of aromatic nitrogens is 1. The first-order chi connectivity index (χ1) is 12.5. The van der Waals surface area contributed by atoms with Crippen LogP contribution in [0.4, 0.5) is 0 Å². The number of fused-ring (bicyclic) bond motifs is 1. The van der Waals surface area contributed by atoms with Gasteiger partial charge in [0.2, 0.25) is 10.0 Å². The van der Waals surface area contributed by atoms with Crippen LogP contribution in [0.15, 0.2) is 71.8 Å². The van der Waals surface area contributed by atoms with Crippen molar-refractivity contribution in [2.24, 2.45) is 0 Å². The minimum atomic E-state index is -3.59. The molecule has 1 atom stereocenters. The van der Waals surface area contributed by atoms with Gasteiger partial charge < -0.3 is 4.57 Å². The Morgan fingerprint density at radius 3 is 2.12 bits per heavy atom. The molecule has 0 saturated carbocycles. The summed E-state index contributed by atoms with van der Waals surface area (Å²) in [6, 6.07) is 18.9. The largest absolute Gasteiger partial charge is 0.348 e. The van der Waals surface area contributed by atoms with Crippen LogP contribution in [0.25, 0.3) is 0 Å². The number of sulfonamides is 1. The van der Waals surface area contributed by atoms with Crippen LogP contribution in [0, 0.1) is 13.8 Å². The lowest BCUT2D eigenvalue weighted by Gasteiger charge is -2.36. The highest BCUT2D eigenvalue weighted by Gasteiger charge is 2.37. The fraction of sp³-hybridized carbons (Fsp3) is 0.238. The van der Waals surface area contributed by atoms with Crippen molar-refractivity contribution in [3.05, 3.63) is 89.2 Å². The second kappa shape index (κ2) is 6.41. The number of rotatable bonds is 3. The van der Waals surface area contributed by atoms with Crippen molar-refractivity contribution in [1.82, 2.24) is 8.87 Å². The Hall–Kier alpha value is -2.37. The van der Waals surface area contributed by atoms with Gasteiger partial charge >= 0.3 is 0 Å². The molecule has 5 heteroatoms. The lowest BCUT2D eigenvalue weighted by Crippen LogP contribution is -2.42. The lowest BCUT2D eigenvalue weighted by molar-refractivity contribution is 0.298. The minimum Gasteiger partial charge on any atom is -0.348 e. The normalized spacial score (nSPS) is 17.8. The van der Waals surface area contributed by atoms with Crippen molar-refractivity contribution >= 4 is 10.0 Å². The molecule has 0 aliphatic carbocycles. The first kappa shape index (κ1) is 17.1. The van der Waals surface area contributed by atoms with Crippen LogP contribution in [-0.2, 0) is 16.6 Å². The molecule has 0 fully saturated rings. The fourth-order valence-electron chi connectivity index (χ4n) is 3.55. The van der Waals surface area contributed by atoms with Crippen molar-refractivity contribution in [2.75, 3.05) is 6.54 Å². The highest BCUT2D eigenvalue weighted by Crippen LogP contribution is 2.36. The predicted molar refractivity (Wildman–Crippen MR) is 103 cm³/mol. The molecular weight excluding hydrogens is 344 g/mol. The second-order valence-electron chi connectivity index (χ2n) is 6.87. The van der Waals surface area contributed by atoms with Gasteiger partial charge in [-0.25, -0.2) is 8.42 Å². The average Bonchev–Trinajstić information content (AvgIpc) is 3.11. The van der Waals surface area contributed by atoms with Crippen LogP contribution in [-0.4, -0.2) is 23.8 Å². The number of hydrogen-bond acceptors (Lipinski definition) is 2. The zero-order valence-corrected chi connectivity index (χ0v) is 15.8. The van der Waals surface area contributed by atoms with Crippen molar-refractivity contribution in [2.45, 2.75) is 31.3 Å². The van der Waals surface area contributed by atoms with Crippen LogP contribution in [0.3, 0.4) is 0 Å². The third-order valence-electron chi connectivity index (χ3n) is 5.01. The quantitative estimate of drug-likeness (QED) is 0.705. The van der Waals surface area contributed by atoms with Gasteiger partial charge in [0.1, 0.15) is 0 Å². The maximum atomic E-state index is 13.4. The first-order valence-corrected chi connectivity index (χ1v) is 10.2. The summed E-state index contributed by atoms with van der Waals surface area (Å²) < 4.78 is 30.6. The Bertz CT molecular complexity index is 1020. The van der Waals surface area contributed by atoms with Crippen LogP contribution in [0.2, 0.25) is 0 Å². The van der Waals surface area contributed by atoms with Gasteiger partial charge in [0, 0.05) is 25.0 Å². The molecule has 1 aliphatic rings. The average molecular weight is 366 g/mol. The summed E-state index contributed by atoms with van der Waals surface area (Å²) in [5, 5.41) is 0. The van der Waals surface area contributed by atoms with Crippen LogP contribution in [0.5, 0.6) is 0 Å². The highest BCUT2D eigenvalue weighted by molar-refractivity contribution is 7.89. The van der Waals surface area contributed by atoms with Crippen LogP contribution in [0.1, 0.15) is 28.4 Å². The van der Waals surface area contributed by atoms with E-state index in [1.54, 1.807) is 16.4 Å². The molecule has 0 amide bonds. The Morgan fingerprint density at radius 2 is 1.46 bits per heavy atom. The summed E-state index contributed by atoms with van der Waals surface area (Å²) >= 11 is 0. The lowest BCUT2D eigenvalue weighted by atomic mass is 10.0. The number of aryl methyl sites for hydroxylation is 2. The van der Waals surface area contributed by atoms with Crippen LogP contribution < -0.4 is 0 Å². The maximum absolute atomic E-state index is 13.4. The molecule has 0 unspecified atom stereocenters. The zero-order valence-electron chi connectivity index (χ0n) is 15.0. The smallest absolute Gasteiger partial charge is 0.244 e. The maximum Gasteiger partial charge on any atom is 0.244 e. The molecule has 0 bridgehead atoms. The molecule has 2 aromatic carbocycles. The van der Waals surface area contributed by atoms with E-state index in [0.717, 1.165) is 22.4 Å². The van der Waals surface area contributed by atoms with Gasteiger partial charge in [-0.15, -0.1) is 0 Å². The molecule has 0 N–H and O–H groups in total. The summed E-state index contributed by atoms with van der Waals surface area (Å²) in [6.45, 7) is 5.11. The molecular formula is C21H22N2O2S. The third kappa shape index (κ3) is 2.87. The number of hydrogen-bond donors (Lipinski definition) is 0. The van der Waals surface area contributed by atoms with Crippen molar-refractivity contribution in [3.63, 3.8) is 0 Å². The second-order valence-corrected chi connectivity index (χ2v) is 8.76. The summed E-state index contributed by atoms with van der Waals surface area (Å²) in [6.07, 6.45) is 2.02. The molecule has 2 heterocycles. The van der Waals surface area contributed by atoms with Gasteiger partial charge in [-0.1, -0.05) is 47.5 Å². The van der Waals surface area contributed by atoms with Gasteiger partial charge in [0.05, 0.1) is 10.9 Å². The highest BCUT2D eigenvalue weighted by atomic mass is 32.2. The molecule has 3 aromatic rings. The van der Waals surface area contributed by atoms with Gasteiger partial charge in [-0.05, 0) is 43.7 Å². The Kier molecular flexibility index (Phi) is 4.21. The number of nitrogens with zero attached hydrogens (tertiary/aromatic N) is 2. The minimum absolute atomic E-state index is 0.314. The summed E-state index contributed by atoms with van der Waals surface area (Å²) in [5.74, 6) is 0. The molecule has 0 spiro atoms. The molecule has 26 heavy (non-hydrogen) atoms.